The van der Waals surface area contributed by atoms with E-state index >= 15 is 0 Å². The predicted octanol–water partition coefficient (Wildman–Crippen LogP) is 4.78. The Bertz CT molecular complexity index is 973. The van der Waals surface area contributed by atoms with E-state index in [2.05, 4.69) is 10.3 Å². The number of pyridine rings is 1. The van der Waals surface area contributed by atoms with Gasteiger partial charge < -0.3 is 19.5 Å². The number of nitrogens with zero attached hydrogens (tertiary/aromatic N) is 1. The first-order chi connectivity index (χ1) is 15.0. The lowest BCUT2D eigenvalue weighted by Gasteiger charge is -2.14. The molecule has 0 aliphatic heterocycles. The Labute approximate surface area is 183 Å². The molecule has 0 saturated carbocycles. The van der Waals surface area contributed by atoms with Crippen LogP contribution in [-0.4, -0.2) is 23.6 Å². The van der Waals surface area contributed by atoms with E-state index in [-0.39, 0.29) is 12.0 Å². The van der Waals surface area contributed by atoms with Crippen LogP contribution in [0, 0.1) is 0 Å². The van der Waals surface area contributed by atoms with E-state index in [1.807, 2.05) is 57.2 Å². The van der Waals surface area contributed by atoms with E-state index in [0.717, 1.165) is 16.9 Å². The van der Waals surface area contributed by atoms with Gasteiger partial charge in [0, 0.05) is 30.1 Å². The highest BCUT2D eigenvalue weighted by molar-refractivity contribution is 5.94. The number of benzene rings is 2. The quantitative estimate of drug-likeness (QED) is 0.511. The standard InChI is InChI=1S/C25H28N2O4/c1-4-29-24-14-21(9-12-23(24)30-17-20-6-5-13-26-15-20)25(28)27-16-19-7-10-22(11-8-19)31-18(2)3/h5-15,18H,4,16-17H2,1-3H3,(H,27,28). The zero-order valence-corrected chi connectivity index (χ0v) is 18.1. The highest BCUT2D eigenvalue weighted by Crippen LogP contribution is 2.29. The summed E-state index contributed by atoms with van der Waals surface area (Å²) in [6.45, 7) is 7.13. The average molecular weight is 421 g/mol. The molecule has 31 heavy (non-hydrogen) atoms. The Balaban J connectivity index is 1.61. The van der Waals surface area contributed by atoms with E-state index in [0.29, 0.717) is 36.8 Å². The van der Waals surface area contributed by atoms with Crippen LogP contribution in [0.2, 0.25) is 0 Å². The number of hydrogen-bond donors (Lipinski definition) is 1. The highest BCUT2D eigenvalue weighted by atomic mass is 16.5. The molecule has 0 radical (unpaired) electrons. The van der Waals surface area contributed by atoms with Gasteiger partial charge in [-0.15, -0.1) is 0 Å². The molecule has 1 aromatic heterocycles. The first-order valence-electron chi connectivity index (χ1n) is 10.4. The maximum Gasteiger partial charge on any atom is 0.251 e. The molecule has 0 saturated heterocycles. The summed E-state index contributed by atoms with van der Waals surface area (Å²) in [4.78, 5) is 16.7. The van der Waals surface area contributed by atoms with Crippen LogP contribution < -0.4 is 19.5 Å². The molecule has 162 valence electrons. The first kappa shape index (κ1) is 22.2. The minimum Gasteiger partial charge on any atom is -0.491 e. The second kappa shape index (κ2) is 11.0. The molecule has 1 amide bonds. The fourth-order valence-corrected chi connectivity index (χ4v) is 2.92. The van der Waals surface area contributed by atoms with Crippen LogP contribution >= 0.6 is 0 Å². The number of ether oxygens (including phenoxy) is 3. The van der Waals surface area contributed by atoms with Crippen molar-refractivity contribution in [2.24, 2.45) is 0 Å². The summed E-state index contributed by atoms with van der Waals surface area (Å²) in [5.41, 5.74) is 2.46. The topological polar surface area (TPSA) is 69.7 Å². The van der Waals surface area contributed by atoms with Gasteiger partial charge in [0.05, 0.1) is 12.7 Å². The van der Waals surface area contributed by atoms with Gasteiger partial charge in [-0.05, 0) is 62.7 Å². The summed E-state index contributed by atoms with van der Waals surface area (Å²) in [5.74, 6) is 1.76. The number of amides is 1. The molecule has 6 heteroatoms. The molecular weight excluding hydrogens is 392 g/mol. The van der Waals surface area contributed by atoms with Crippen molar-refractivity contribution in [2.75, 3.05) is 6.61 Å². The second-order valence-corrected chi connectivity index (χ2v) is 7.24. The van der Waals surface area contributed by atoms with Crippen LogP contribution in [0.5, 0.6) is 17.2 Å². The molecular formula is C25H28N2O4. The van der Waals surface area contributed by atoms with E-state index in [4.69, 9.17) is 14.2 Å². The minimum atomic E-state index is -0.178. The van der Waals surface area contributed by atoms with Gasteiger partial charge in [-0.1, -0.05) is 18.2 Å². The van der Waals surface area contributed by atoms with Crippen LogP contribution in [0.3, 0.4) is 0 Å². The van der Waals surface area contributed by atoms with Gasteiger partial charge in [-0.3, -0.25) is 9.78 Å². The number of carbonyl (C=O) groups is 1. The monoisotopic (exact) mass is 420 g/mol. The number of rotatable bonds is 10. The maximum atomic E-state index is 12.6. The van der Waals surface area contributed by atoms with Gasteiger partial charge in [0.15, 0.2) is 11.5 Å². The van der Waals surface area contributed by atoms with Crippen LogP contribution in [0.15, 0.2) is 67.0 Å². The number of nitrogens with one attached hydrogen (secondary N) is 1. The van der Waals surface area contributed by atoms with Crippen molar-refractivity contribution in [1.82, 2.24) is 10.3 Å². The summed E-state index contributed by atoms with van der Waals surface area (Å²) in [6, 6.07) is 16.7. The van der Waals surface area contributed by atoms with Crippen LogP contribution in [0.25, 0.3) is 0 Å². The van der Waals surface area contributed by atoms with E-state index in [9.17, 15) is 4.79 Å². The molecule has 0 aliphatic rings. The van der Waals surface area contributed by atoms with Crippen molar-refractivity contribution >= 4 is 5.91 Å². The van der Waals surface area contributed by atoms with Crippen molar-refractivity contribution in [3.8, 4) is 17.2 Å². The van der Waals surface area contributed by atoms with E-state index in [1.54, 1.807) is 30.6 Å². The predicted molar refractivity (Wildman–Crippen MR) is 120 cm³/mol. The molecule has 0 atom stereocenters. The van der Waals surface area contributed by atoms with Gasteiger partial charge >= 0.3 is 0 Å². The molecule has 6 nitrogen and oxygen atoms in total. The molecule has 0 unspecified atom stereocenters. The van der Waals surface area contributed by atoms with Gasteiger partial charge in [-0.2, -0.15) is 0 Å². The van der Waals surface area contributed by atoms with Crippen LogP contribution in [-0.2, 0) is 13.2 Å². The van der Waals surface area contributed by atoms with Crippen molar-refractivity contribution in [3.05, 3.63) is 83.7 Å². The van der Waals surface area contributed by atoms with Crippen LogP contribution in [0.1, 0.15) is 42.3 Å². The summed E-state index contributed by atoms with van der Waals surface area (Å²) >= 11 is 0. The normalized spacial score (nSPS) is 10.6. The Kier molecular flexibility index (Phi) is 7.87. The summed E-state index contributed by atoms with van der Waals surface area (Å²) in [6.07, 6.45) is 3.60. The Hall–Kier alpha value is -3.54. The summed E-state index contributed by atoms with van der Waals surface area (Å²) < 4.78 is 17.2. The SMILES string of the molecule is CCOc1cc(C(=O)NCc2ccc(OC(C)C)cc2)ccc1OCc1cccnc1. The molecule has 1 heterocycles. The smallest absolute Gasteiger partial charge is 0.251 e. The number of aromatic nitrogens is 1. The number of carbonyl (C=O) groups excluding carboxylic acids is 1. The molecule has 3 aromatic rings. The maximum absolute atomic E-state index is 12.6. The summed E-state index contributed by atoms with van der Waals surface area (Å²) in [7, 11) is 0. The van der Waals surface area contributed by atoms with Crippen molar-refractivity contribution in [3.63, 3.8) is 0 Å². The third-order valence-electron chi connectivity index (χ3n) is 4.37. The van der Waals surface area contributed by atoms with Gasteiger partial charge in [0.1, 0.15) is 12.4 Å². The lowest BCUT2D eigenvalue weighted by Crippen LogP contribution is -2.22. The fourth-order valence-electron chi connectivity index (χ4n) is 2.92. The van der Waals surface area contributed by atoms with E-state index < -0.39 is 0 Å². The molecule has 3 rings (SSSR count). The Morgan fingerprint density at radius 1 is 1.00 bits per heavy atom. The van der Waals surface area contributed by atoms with Gasteiger partial charge in [0.2, 0.25) is 0 Å². The van der Waals surface area contributed by atoms with Gasteiger partial charge in [0.25, 0.3) is 5.91 Å². The minimum absolute atomic E-state index is 0.126. The second-order valence-electron chi connectivity index (χ2n) is 7.24. The largest absolute Gasteiger partial charge is 0.491 e. The third-order valence-corrected chi connectivity index (χ3v) is 4.37. The number of hydrogen-bond acceptors (Lipinski definition) is 5. The lowest BCUT2D eigenvalue weighted by molar-refractivity contribution is 0.0950. The molecule has 2 aromatic carbocycles. The molecule has 0 aliphatic carbocycles. The highest BCUT2D eigenvalue weighted by Gasteiger charge is 2.12. The zero-order valence-electron chi connectivity index (χ0n) is 18.1. The average Bonchev–Trinajstić information content (AvgIpc) is 2.78. The van der Waals surface area contributed by atoms with Crippen molar-refractivity contribution < 1.29 is 19.0 Å². The third kappa shape index (κ3) is 6.74. The van der Waals surface area contributed by atoms with Crippen LogP contribution in [0.4, 0.5) is 0 Å². The lowest BCUT2D eigenvalue weighted by atomic mass is 10.1. The van der Waals surface area contributed by atoms with Crippen molar-refractivity contribution in [2.45, 2.75) is 40.0 Å². The zero-order chi connectivity index (χ0) is 22.1. The molecule has 0 bridgehead atoms. The Morgan fingerprint density at radius 3 is 2.48 bits per heavy atom. The first-order valence-corrected chi connectivity index (χ1v) is 10.4. The van der Waals surface area contributed by atoms with Crippen molar-refractivity contribution in [1.29, 1.82) is 0 Å². The molecule has 1 N–H and O–H groups in total. The Morgan fingerprint density at radius 2 is 1.81 bits per heavy atom. The molecule has 0 spiro atoms. The fraction of sp³-hybridized carbons (Fsp3) is 0.280. The molecule has 0 fully saturated rings. The van der Waals surface area contributed by atoms with Gasteiger partial charge in [-0.25, -0.2) is 0 Å². The summed E-state index contributed by atoms with van der Waals surface area (Å²) in [5, 5.41) is 2.94. The van der Waals surface area contributed by atoms with E-state index in [1.165, 1.54) is 0 Å².